The third-order valence-corrected chi connectivity index (χ3v) is 7.03. The average Bonchev–Trinajstić information content (AvgIpc) is 2.76. The fourth-order valence-electron chi connectivity index (χ4n) is 3.30. The number of amides is 2. The third kappa shape index (κ3) is 8.32. The highest BCUT2D eigenvalue weighted by Crippen LogP contribution is 2.21. The predicted octanol–water partition coefficient (Wildman–Crippen LogP) is 4.20. The number of hydrogen-bond donors (Lipinski definition) is 1. The van der Waals surface area contributed by atoms with Gasteiger partial charge in [0.15, 0.2) is 0 Å². The number of rotatable bonds is 11. The van der Waals surface area contributed by atoms with Crippen molar-refractivity contribution in [2.24, 2.45) is 0 Å². The summed E-state index contributed by atoms with van der Waals surface area (Å²) in [4.78, 5) is 27.1. The molecule has 0 saturated carbocycles. The van der Waals surface area contributed by atoms with Crippen LogP contribution in [0.2, 0.25) is 5.02 Å². The Labute approximate surface area is 209 Å². The van der Waals surface area contributed by atoms with Gasteiger partial charge in [0.1, 0.15) is 6.04 Å². The Morgan fingerprint density at radius 3 is 2.24 bits per heavy atom. The lowest BCUT2D eigenvalue weighted by Crippen LogP contribution is -2.47. The van der Waals surface area contributed by atoms with Crippen molar-refractivity contribution in [2.45, 2.75) is 39.3 Å². The monoisotopic (exact) mass is 557 g/mol. The van der Waals surface area contributed by atoms with Gasteiger partial charge in [0.05, 0.1) is 11.9 Å². The molecule has 0 saturated heterocycles. The average molecular weight is 559 g/mol. The fourth-order valence-corrected chi connectivity index (χ4v) is 4.66. The number of nitrogens with zero attached hydrogens (tertiary/aromatic N) is 2. The zero-order valence-electron chi connectivity index (χ0n) is 18.9. The van der Waals surface area contributed by atoms with E-state index in [9.17, 15) is 18.0 Å². The maximum Gasteiger partial charge on any atom is 0.242 e. The third-order valence-electron chi connectivity index (χ3n) is 5.05. The molecule has 0 spiro atoms. The Balaban J connectivity index is 2.13. The van der Waals surface area contributed by atoms with Crippen LogP contribution < -0.4 is 9.62 Å². The van der Waals surface area contributed by atoms with Crippen molar-refractivity contribution >= 4 is 55.1 Å². The molecule has 0 aliphatic rings. The van der Waals surface area contributed by atoms with Crippen LogP contribution in [0.5, 0.6) is 0 Å². The lowest BCUT2D eigenvalue weighted by atomic mass is 10.1. The number of halogens is 2. The highest BCUT2D eigenvalue weighted by atomic mass is 79.9. The molecule has 2 aromatic carbocycles. The van der Waals surface area contributed by atoms with Crippen LogP contribution in [0, 0.1) is 0 Å². The van der Waals surface area contributed by atoms with Gasteiger partial charge >= 0.3 is 0 Å². The van der Waals surface area contributed by atoms with Gasteiger partial charge in [0, 0.05) is 35.6 Å². The van der Waals surface area contributed by atoms with Gasteiger partial charge in [-0.1, -0.05) is 39.7 Å². The molecule has 0 aliphatic heterocycles. The SMILES string of the molecule is CCNC(=O)C(C)N(Cc1ccc(Br)cc1)C(=O)CCCN(c1ccc(Cl)cc1)S(C)(=O)=O. The topological polar surface area (TPSA) is 86.8 Å². The minimum atomic E-state index is -3.54. The molecule has 180 valence electrons. The second kappa shape index (κ2) is 12.4. The first-order valence-corrected chi connectivity index (χ1v) is 13.6. The number of likely N-dealkylation sites (N-methyl/N-ethyl adjacent to an activating group) is 1. The molecule has 0 aliphatic carbocycles. The quantitative estimate of drug-likeness (QED) is 0.448. The second-order valence-corrected chi connectivity index (χ2v) is 10.9. The van der Waals surface area contributed by atoms with Gasteiger partial charge in [-0.05, 0) is 62.2 Å². The standard InChI is InChI=1S/C23H29BrClN3O4S/c1-4-26-23(30)17(2)27(16-18-7-9-19(24)10-8-18)22(29)6-5-15-28(33(3,31)32)21-13-11-20(25)12-14-21/h7-14,17H,4-6,15-16H2,1-3H3,(H,26,30). The summed E-state index contributed by atoms with van der Waals surface area (Å²) in [7, 11) is -3.54. The van der Waals surface area contributed by atoms with E-state index in [1.54, 1.807) is 31.2 Å². The van der Waals surface area contributed by atoms with Gasteiger partial charge in [-0.2, -0.15) is 0 Å². The maximum absolute atomic E-state index is 13.1. The van der Waals surface area contributed by atoms with Crippen molar-refractivity contribution in [1.82, 2.24) is 10.2 Å². The van der Waals surface area contributed by atoms with Crippen LogP contribution >= 0.6 is 27.5 Å². The summed E-state index contributed by atoms with van der Waals surface area (Å²) in [5.41, 5.74) is 1.37. The number of anilines is 1. The van der Waals surface area contributed by atoms with E-state index in [1.165, 1.54) is 9.21 Å². The number of carbonyl (C=O) groups excluding carboxylic acids is 2. The number of hydrogen-bond acceptors (Lipinski definition) is 4. The predicted molar refractivity (Wildman–Crippen MR) is 136 cm³/mol. The molecule has 1 unspecified atom stereocenters. The first-order valence-electron chi connectivity index (χ1n) is 10.6. The van der Waals surface area contributed by atoms with Crippen LogP contribution in [0.25, 0.3) is 0 Å². The highest BCUT2D eigenvalue weighted by molar-refractivity contribution is 9.10. The molecule has 0 aromatic heterocycles. The maximum atomic E-state index is 13.1. The van der Waals surface area contributed by atoms with E-state index in [1.807, 2.05) is 31.2 Å². The highest BCUT2D eigenvalue weighted by Gasteiger charge is 2.26. The Kier molecular flexibility index (Phi) is 10.2. The normalized spacial score (nSPS) is 12.2. The van der Waals surface area contributed by atoms with Gasteiger partial charge in [0.25, 0.3) is 0 Å². The summed E-state index contributed by atoms with van der Waals surface area (Å²) >= 11 is 9.31. The zero-order chi connectivity index (χ0) is 24.6. The molecule has 0 radical (unpaired) electrons. The molecule has 1 atom stereocenters. The van der Waals surface area contributed by atoms with E-state index in [2.05, 4.69) is 21.2 Å². The van der Waals surface area contributed by atoms with E-state index in [4.69, 9.17) is 11.6 Å². The number of sulfonamides is 1. The second-order valence-electron chi connectivity index (χ2n) is 7.63. The Hall–Kier alpha value is -2.10. The van der Waals surface area contributed by atoms with Gasteiger partial charge < -0.3 is 10.2 Å². The molecular weight excluding hydrogens is 530 g/mol. The molecule has 33 heavy (non-hydrogen) atoms. The summed E-state index contributed by atoms with van der Waals surface area (Å²) in [6, 6.07) is 13.4. The first-order chi connectivity index (χ1) is 15.5. The fraction of sp³-hybridized carbons (Fsp3) is 0.391. The summed E-state index contributed by atoms with van der Waals surface area (Å²) < 4.78 is 26.8. The Morgan fingerprint density at radius 1 is 1.09 bits per heavy atom. The van der Waals surface area contributed by atoms with Gasteiger partial charge in [0.2, 0.25) is 21.8 Å². The summed E-state index contributed by atoms with van der Waals surface area (Å²) in [5.74, 6) is -0.455. The van der Waals surface area contributed by atoms with E-state index in [-0.39, 0.29) is 31.3 Å². The molecule has 2 aromatic rings. The Morgan fingerprint density at radius 2 is 1.70 bits per heavy atom. The summed E-state index contributed by atoms with van der Waals surface area (Å²) in [6.45, 7) is 4.39. The zero-order valence-corrected chi connectivity index (χ0v) is 22.1. The van der Waals surface area contributed by atoms with E-state index >= 15 is 0 Å². The Bertz CT molecular complexity index is 1050. The van der Waals surface area contributed by atoms with Crippen LogP contribution in [0.1, 0.15) is 32.3 Å². The molecule has 7 nitrogen and oxygen atoms in total. The van der Waals surface area contributed by atoms with Gasteiger partial charge in [-0.25, -0.2) is 8.42 Å². The van der Waals surface area contributed by atoms with Crippen molar-refractivity contribution in [3.63, 3.8) is 0 Å². The van der Waals surface area contributed by atoms with Crippen LogP contribution in [-0.2, 0) is 26.2 Å². The molecule has 0 fully saturated rings. The van der Waals surface area contributed by atoms with Crippen LogP contribution in [0.3, 0.4) is 0 Å². The van der Waals surface area contributed by atoms with E-state index in [0.29, 0.717) is 23.7 Å². The van der Waals surface area contributed by atoms with Crippen LogP contribution in [0.4, 0.5) is 5.69 Å². The molecule has 0 bridgehead atoms. The van der Waals surface area contributed by atoms with Crippen molar-refractivity contribution < 1.29 is 18.0 Å². The van der Waals surface area contributed by atoms with Gasteiger partial charge in [-0.3, -0.25) is 13.9 Å². The van der Waals surface area contributed by atoms with Gasteiger partial charge in [-0.15, -0.1) is 0 Å². The van der Waals surface area contributed by atoms with Crippen molar-refractivity contribution in [2.75, 3.05) is 23.7 Å². The minimum absolute atomic E-state index is 0.0971. The van der Waals surface area contributed by atoms with E-state index in [0.717, 1.165) is 16.3 Å². The number of benzene rings is 2. The van der Waals surface area contributed by atoms with Crippen molar-refractivity contribution in [3.05, 3.63) is 63.6 Å². The minimum Gasteiger partial charge on any atom is -0.355 e. The molecule has 1 N–H and O–H groups in total. The molecule has 0 heterocycles. The lowest BCUT2D eigenvalue weighted by Gasteiger charge is -2.29. The molecule has 2 rings (SSSR count). The summed E-state index contributed by atoms with van der Waals surface area (Å²) in [6.07, 6.45) is 1.52. The van der Waals surface area contributed by atoms with Crippen molar-refractivity contribution in [3.8, 4) is 0 Å². The summed E-state index contributed by atoms with van der Waals surface area (Å²) in [5, 5.41) is 3.26. The lowest BCUT2D eigenvalue weighted by molar-refractivity contribution is -0.140. The molecule has 2 amide bonds. The largest absolute Gasteiger partial charge is 0.355 e. The van der Waals surface area contributed by atoms with Crippen LogP contribution in [0.15, 0.2) is 53.0 Å². The smallest absolute Gasteiger partial charge is 0.242 e. The number of nitrogens with one attached hydrogen (secondary N) is 1. The first kappa shape index (κ1) is 27.1. The number of carbonyl (C=O) groups is 2. The van der Waals surface area contributed by atoms with Crippen LogP contribution in [-0.4, -0.2) is 50.5 Å². The molecular formula is C23H29BrClN3O4S. The van der Waals surface area contributed by atoms with E-state index < -0.39 is 16.1 Å². The van der Waals surface area contributed by atoms with Crippen molar-refractivity contribution in [1.29, 1.82) is 0 Å². The molecule has 10 heteroatoms.